The van der Waals surface area contributed by atoms with Gasteiger partial charge in [0.05, 0.1) is 12.1 Å². The van der Waals surface area contributed by atoms with Gasteiger partial charge in [0.15, 0.2) is 5.11 Å². The van der Waals surface area contributed by atoms with Crippen LogP contribution >= 0.6 is 12.2 Å². The van der Waals surface area contributed by atoms with Gasteiger partial charge in [-0.3, -0.25) is 4.79 Å². The highest BCUT2D eigenvalue weighted by Gasteiger charge is 2.19. The van der Waals surface area contributed by atoms with Gasteiger partial charge in [0.25, 0.3) is 5.56 Å². The molecule has 31 heavy (non-hydrogen) atoms. The number of H-pyrrole nitrogens is 1. The van der Waals surface area contributed by atoms with Gasteiger partial charge in [-0.05, 0) is 67.0 Å². The van der Waals surface area contributed by atoms with Gasteiger partial charge >= 0.3 is 0 Å². The van der Waals surface area contributed by atoms with Crippen LogP contribution in [0.2, 0.25) is 0 Å². The molecule has 1 fully saturated rings. The third kappa shape index (κ3) is 5.16. The standard InChI is InChI=1S/C26H31N3OS/c1-18-13-14-21-15-22(25(30)28-24(21)19(18)2)17-29(16-20-9-5-3-6-10-20)26(31)27-23-11-7-4-8-12-23/h3,5-6,9-10,13-15,23H,4,7-8,11-12,16-17H2,1-2H3,(H,27,31)(H,28,30). The molecule has 4 nitrogen and oxygen atoms in total. The molecule has 1 aliphatic rings. The summed E-state index contributed by atoms with van der Waals surface area (Å²) in [7, 11) is 0. The van der Waals surface area contributed by atoms with Gasteiger partial charge < -0.3 is 15.2 Å². The molecule has 1 saturated carbocycles. The topological polar surface area (TPSA) is 48.1 Å². The predicted octanol–water partition coefficient (Wildman–Crippen LogP) is 5.35. The molecule has 2 N–H and O–H groups in total. The quantitative estimate of drug-likeness (QED) is 0.532. The second kappa shape index (κ2) is 9.65. The highest BCUT2D eigenvalue weighted by atomic mass is 32.1. The number of hydrogen-bond acceptors (Lipinski definition) is 2. The van der Waals surface area contributed by atoms with E-state index in [-0.39, 0.29) is 5.56 Å². The second-order valence-electron chi connectivity index (χ2n) is 8.72. The lowest BCUT2D eigenvalue weighted by molar-refractivity contribution is 0.362. The van der Waals surface area contributed by atoms with E-state index in [1.807, 2.05) is 24.3 Å². The molecule has 0 bridgehead atoms. The lowest BCUT2D eigenvalue weighted by Gasteiger charge is -2.31. The summed E-state index contributed by atoms with van der Waals surface area (Å²) >= 11 is 5.83. The first-order valence-corrected chi connectivity index (χ1v) is 11.6. The zero-order chi connectivity index (χ0) is 21.8. The molecule has 1 aromatic heterocycles. The maximum atomic E-state index is 13.0. The molecule has 0 spiro atoms. The van der Waals surface area contributed by atoms with Gasteiger partial charge in [0.1, 0.15) is 0 Å². The molecule has 5 heteroatoms. The minimum Gasteiger partial charge on any atom is -0.360 e. The Kier molecular flexibility index (Phi) is 6.71. The van der Waals surface area contributed by atoms with Crippen molar-refractivity contribution in [1.29, 1.82) is 0 Å². The number of fused-ring (bicyclic) bond motifs is 1. The van der Waals surface area contributed by atoms with E-state index in [1.54, 1.807) is 0 Å². The summed E-state index contributed by atoms with van der Waals surface area (Å²) in [5.41, 5.74) is 5.10. The number of nitrogens with one attached hydrogen (secondary N) is 2. The molecule has 0 amide bonds. The molecular weight excluding hydrogens is 402 g/mol. The van der Waals surface area contributed by atoms with Crippen molar-refractivity contribution in [3.63, 3.8) is 0 Å². The van der Waals surface area contributed by atoms with Crippen molar-refractivity contribution in [1.82, 2.24) is 15.2 Å². The highest BCUT2D eigenvalue weighted by molar-refractivity contribution is 7.80. The number of nitrogens with zero attached hydrogens (tertiary/aromatic N) is 1. The second-order valence-corrected chi connectivity index (χ2v) is 9.11. The molecule has 0 radical (unpaired) electrons. The van der Waals surface area contributed by atoms with E-state index < -0.39 is 0 Å². The van der Waals surface area contributed by atoms with Gasteiger partial charge in [-0.25, -0.2) is 0 Å². The fourth-order valence-corrected chi connectivity index (χ4v) is 4.71. The summed E-state index contributed by atoms with van der Waals surface area (Å²) in [6.07, 6.45) is 6.14. The zero-order valence-corrected chi connectivity index (χ0v) is 19.2. The monoisotopic (exact) mass is 433 g/mol. The Morgan fingerprint density at radius 1 is 1.06 bits per heavy atom. The Hall–Kier alpha value is -2.66. The third-order valence-electron chi connectivity index (χ3n) is 6.43. The first-order valence-electron chi connectivity index (χ1n) is 11.2. The van der Waals surface area contributed by atoms with E-state index in [1.165, 1.54) is 30.4 Å². The van der Waals surface area contributed by atoms with Crippen LogP contribution in [0.3, 0.4) is 0 Å². The van der Waals surface area contributed by atoms with E-state index >= 15 is 0 Å². The summed E-state index contributed by atoms with van der Waals surface area (Å²) in [5.74, 6) is 0. The molecular formula is C26H31N3OS. The molecule has 2 aromatic carbocycles. The van der Waals surface area contributed by atoms with Gasteiger partial charge in [0, 0.05) is 18.2 Å². The van der Waals surface area contributed by atoms with Crippen molar-refractivity contribution in [2.24, 2.45) is 0 Å². The number of pyridine rings is 1. The van der Waals surface area contributed by atoms with Crippen LogP contribution in [0.15, 0.2) is 53.3 Å². The van der Waals surface area contributed by atoms with Crippen molar-refractivity contribution < 1.29 is 0 Å². The van der Waals surface area contributed by atoms with E-state index in [0.717, 1.165) is 40.0 Å². The van der Waals surface area contributed by atoms with Crippen LogP contribution in [-0.2, 0) is 13.1 Å². The average molecular weight is 434 g/mol. The third-order valence-corrected chi connectivity index (χ3v) is 6.80. The minimum atomic E-state index is -0.0419. The first-order chi connectivity index (χ1) is 15.0. The molecule has 0 unspecified atom stereocenters. The molecule has 3 aromatic rings. The van der Waals surface area contributed by atoms with E-state index in [2.05, 4.69) is 53.3 Å². The van der Waals surface area contributed by atoms with Crippen LogP contribution in [0, 0.1) is 13.8 Å². The molecule has 1 heterocycles. The Balaban J connectivity index is 1.61. The van der Waals surface area contributed by atoms with Gasteiger partial charge in [-0.2, -0.15) is 0 Å². The number of thiocarbonyl (C=S) groups is 1. The molecule has 0 saturated heterocycles. The molecule has 4 rings (SSSR count). The number of rotatable bonds is 5. The molecule has 1 aliphatic carbocycles. The van der Waals surface area contributed by atoms with Crippen molar-refractivity contribution in [3.05, 3.63) is 81.1 Å². The van der Waals surface area contributed by atoms with Crippen molar-refractivity contribution in [2.45, 2.75) is 65.1 Å². The van der Waals surface area contributed by atoms with Crippen LogP contribution in [0.25, 0.3) is 10.9 Å². The number of hydrogen-bond donors (Lipinski definition) is 2. The highest BCUT2D eigenvalue weighted by Crippen LogP contribution is 2.21. The summed E-state index contributed by atoms with van der Waals surface area (Å²) < 4.78 is 0. The summed E-state index contributed by atoms with van der Waals surface area (Å²) in [4.78, 5) is 18.2. The molecule has 0 atom stereocenters. The average Bonchev–Trinajstić information content (AvgIpc) is 2.78. The smallest absolute Gasteiger partial charge is 0.253 e. The Morgan fingerprint density at radius 2 is 1.81 bits per heavy atom. The van der Waals surface area contributed by atoms with Crippen LogP contribution in [-0.4, -0.2) is 21.0 Å². The van der Waals surface area contributed by atoms with E-state index in [0.29, 0.717) is 19.1 Å². The number of aromatic amines is 1. The van der Waals surface area contributed by atoms with Crippen molar-refractivity contribution >= 4 is 28.2 Å². The molecule has 162 valence electrons. The van der Waals surface area contributed by atoms with Crippen molar-refractivity contribution in [3.8, 4) is 0 Å². The van der Waals surface area contributed by atoms with Crippen molar-refractivity contribution in [2.75, 3.05) is 0 Å². The first kappa shape index (κ1) is 21.6. The summed E-state index contributed by atoms with van der Waals surface area (Å²) in [6.45, 7) is 5.27. The Labute approximate surface area is 189 Å². The molecule has 0 aliphatic heterocycles. The maximum Gasteiger partial charge on any atom is 0.253 e. The fourth-order valence-electron chi connectivity index (χ4n) is 4.41. The van der Waals surface area contributed by atoms with Gasteiger partial charge in [0.2, 0.25) is 0 Å². The van der Waals surface area contributed by atoms with E-state index in [9.17, 15) is 4.79 Å². The predicted molar refractivity (Wildman–Crippen MR) is 132 cm³/mol. The fraction of sp³-hybridized carbons (Fsp3) is 0.385. The minimum absolute atomic E-state index is 0.0419. The van der Waals surface area contributed by atoms with Crippen LogP contribution in [0.5, 0.6) is 0 Å². The lowest BCUT2D eigenvalue weighted by atomic mass is 9.96. The van der Waals surface area contributed by atoms with Crippen LogP contribution in [0.1, 0.15) is 54.4 Å². The Morgan fingerprint density at radius 3 is 2.55 bits per heavy atom. The van der Waals surface area contributed by atoms with Crippen LogP contribution in [0.4, 0.5) is 0 Å². The SMILES string of the molecule is Cc1ccc2cc(CN(Cc3ccccc3)C(=S)NC3CCCCC3)c(=O)[nH]c2c1C. The van der Waals surface area contributed by atoms with Gasteiger partial charge in [-0.1, -0.05) is 61.7 Å². The normalized spacial score (nSPS) is 14.5. The summed E-state index contributed by atoms with van der Waals surface area (Å²) in [5, 5.41) is 5.37. The largest absolute Gasteiger partial charge is 0.360 e. The number of benzene rings is 2. The van der Waals surface area contributed by atoms with E-state index in [4.69, 9.17) is 12.2 Å². The summed E-state index contributed by atoms with van der Waals surface area (Å²) in [6, 6.07) is 16.9. The lowest BCUT2D eigenvalue weighted by Crippen LogP contribution is -2.45. The zero-order valence-electron chi connectivity index (χ0n) is 18.4. The van der Waals surface area contributed by atoms with Crippen LogP contribution < -0.4 is 10.9 Å². The Bertz CT molecular complexity index is 1120. The number of aryl methyl sites for hydroxylation is 2. The van der Waals surface area contributed by atoms with Gasteiger partial charge in [-0.15, -0.1) is 0 Å². The number of aromatic nitrogens is 1. The maximum absolute atomic E-state index is 13.0.